The average Bonchev–Trinajstić information content (AvgIpc) is 3.53. The summed E-state index contributed by atoms with van der Waals surface area (Å²) < 4.78 is 67.4. The van der Waals surface area contributed by atoms with Crippen molar-refractivity contribution in [2.45, 2.75) is 44.8 Å². The van der Waals surface area contributed by atoms with Crippen molar-refractivity contribution in [2.75, 3.05) is 44.4 Å². The molecule has 0 bridgehead atoms. The molecular weight excluding hydrogens is 527 g/mol. The number of aromatic nitrogens is 1. The molecule has 0 radical (unpaired) electrons. The van der Waals surface area contributed by atoms with Crippen LogP contribution in [0.5, 0.6) is 5.75 Å². The van der Waals surface area contributed by atoms with Gasteiger partial charge in [-0.25, -0.2) is 23.2 Å². The van der Waals surface area contributed by atoms with Crippen LogP contribution in [0, 0.1) is 17.6 Å². The molecule has 2 atom stereocenters. The Labute approximate surface area is 217 Å². The molecule has 3 heterocycles. The number of hydrogen-bond donors (Lipinski definition) is 2. The number of anilines is 1. The minimum Gasteiger partial charge on any atom is -0.449 e. The van der Waals surface area contributed by atoms with Crippen molar-refractivity contribution >= 4 is 30.5 Å². The van der Waals surface area contributed by atoms with Crippen LogP contribution in [0.2, 0.25) is 0 Å². The number of benzene rings is 1. The van der Waals surface area contributed by atoms with E-state index in [1.807, 2.05) is 0 Å². The molecule has 1 aliphatic carbocycles. The third kappa shape index (κ3) is 4.82. The second-order valence-corrected chi connectivity index (χ2v) is 11.5. The van der Waals surface area contributed by atoms with Crippen molar-refractivity contribution in [3.63, 3.8) is 0 Å². The van der Waals surface area contributed by atoms with Gasteiger partial charge in [0.1, 0.15) is 17.1 Å². The number of pyridine rings is 1. The fourth-order valence-corrected chi connectivity index (χ4v) is 6.89. The number of rotatable bonds is 10. The molecule has 14 heteroatoms. The van der Waals surface area contributed by atoms with Crippen molar-refractivity contribution in [1.29, 1.82) is 0 Å². The second-order valence-electron chi connectivity index (χ2n) is 9.69. The lowest BCUT2D eigenvalue weighted by Gasteiger charge is -2.30. The lowest BCUT2D eigenvalue weighted by atomic mass is 9.91. The van der Waals surface area contributed by atoms with Gasteiger partial charge in [0.2, 0.25) is 5.43 Å². The topological polar surface area (TPSA) is 129 Å². The standard InChI is InChI=1S/C24H30F2N3O8P/c1-3-35-38(33,36-4-2)27-12-24-13-28(10-14(24)7-8-34-24)21-17(25)9-16-20(19(21)26)29(15-5-6-15)11-18(22(16)30)37-23(31)32/h9,11,14-15H,3-8,10,12-13H2,1-2H3,(H,27,33)(H,31,32). The van der Waals surface area contributed by atoms with Gasteiger partial charge in [-0.05, 0) is 39.2 Å². The second kappa shape index (κ2) is 10.2. The van der Waals surface area contributed by atoms with Crippen LogP contribution in [0.1, 0.15) is 39.2 Å². The summed E-state index contributed by atoms with van der Waals surface area (Å²) in [6, 6.07) is 0.771. The zero-order chi connectivity index (χ0) is 27.2. The first-order valence-electron chi connectivity index (χ1n) is 12.6. The maximum atomic E-state index is 16.1. The zero-order valence-electron chi connectivity index (χ0n) is 21.1. The Morgan fingerprint density at radius 2 is 1.97 bits per heavy atom. The molecule has 2 saturated heterocycles. The average molecular weight is 557 g/mol. The van der Waals surface area contributed by atoms with Gasteiger partial charge in [0, 0.05) is 38.2 Å². The van der Waals surface area contributed by atoms with E-state index in [-0.39, 0.29) is 61.4 Å². The summed E-state index contributed by atoms with van der Waals surface area (Å²) in [4.78, 5) is 25.5. The summed E-state index contributed by atoms with van der Waals surface area (Å²) in [6.07, 6.45) is 1.52. The van der Waals surface area contributed by atoms with E-state index in [0.717, 1.165) is 6.07 Å². The van der Waals surface area contributed by atoms with Crippen LogP contribution < -0.4 is 20.2 Å². The maximum Gasteiger partial charge on any atom is 0.511 e. The normalized spacial score (nSPS) is 23.3. The fraction of sp³-hybridized carbons (Fsp3) is 0.583. The SMILES string of the molecule is CCOP(=O)(NCC12CN(c3c(F)cc4c(=O)c(OC(=O)O)cn(C5CC5)c4c3F)CC1CCO2)OCC. The van der Waals surface area contributed by atoms with Crippen LogP contribution in [-0.2, 0) is 18.3 Å². The predicted molar refractivity (Wildman–Crippen MR) is 133 cm³/mol. The molecule has 1 aromatic heterocycles. The Morgan fingerprint density at radius 3 is 2.61 bits per heavy atom. The van der Waals surface area contributed by atoms with Crippen LogP contribution in [-0.4, -0.2) is 60.9 Å². The van der Waals surface area contributed by atoms with Crippen molar-refractivity contribution in [3.05, 3.63) is 34.1 Å². The molecule has 2 aliphatic heterocycles. The predicted octanol–water partition coefficient (Wildman–Crippen LogP) is 4.04. The summed E-state index contributed by atoms with van der Waals surface area (Å²) in [7, 11) is -3.59. The smallest absolute Gasteiger partial charge is 0.449 e. The molecule has 3 aliphatic rings. The minimum atomic E-state index is -3.59. The monoisotopic (exact) mass is 557 g/mol. The van der Waals surface area contributed by atoms with Gasteiger partial charge in [0.25, 0.3) is 0 Å². The molecule has 1 aromatic carbocycles. The van der Waals surface area contributed by atoms with Crippen LogP contribution in [0.4, 0.5) is 19.3 Å². The van der Waals surface area contributed by atoms with Gasteiger partial charge in [-0.15, -0.1) is 0 Å². The molecule has 208 valence electrons. The highest BCUT2D eigenvalue weighted by atomic mass is 31.2. The van der Waals surface area contributed by atoms with E-state index in [1.165, 1.54) is 10.8 Å². The number of nitrogens with one attached hydrogen (secondary N) is 1. The minimum absolute atomic E-state index is 0.0882. The number of fused-ring (bicyclic) bond motifs is 2. The summed E-state index contributed by atoms with van der Waals surface area (Å²) in [5, 5.41) is 11.6. The lowest BCUT2D eigenvalue weighted by Crippen LogP contribution is -2.46. The van der Waals surface area contributed by atoms with Crippen LogP contribution in [0.3, 0.4) is 0 Å². The third-order valence-electron chi connectivity index (χ3n) is 7.27. The molecular formula is C24H30F2N3O8P. The molecule has 2 aromatic rings. The van der Waals surface area contributed by atoms with Crippen molar-refractivity contribution in [2.24, 2.45) is 5.92 Å². The highest BCUT2D eigenvalue weighted by Gasteiger charge is 2.53. The molecule has 1 saturated carbocycles. The van der Waals surface area contributed by atoms with Gasteiger partial charge in [-0.1, -0.05) is 0 Å². The lowest BCUT2D eigenvalue weighted by molar-refractivity contribution is 0.00757. The van der Waals surface area contributed by atoms with E-state index >= 15 is 8.78 Å². The molecule has 11 nitrogen and oxygen atoms in total. The van der Waals surface area contributed by atoms with E-state index < -0.39 is 42.3 Å². The van der Waals surface area contributed by atoms with Crippen molar-refractivity contribution in [1.82, 2.24) is 9.65 Å². The number of hydrogen-bond acceptors (Lipinski definition) is 8. The molecule has 5 rings (SSSR count). The molecule has 2 N–H and O–H groups in total. The Hall–Kier alpha value is -2.57. The molecule has 3 fully saturated rings. The van der Waals surface area contributed by atoms with Crippen LogP contribution >= 0.6 is 7.75 Å². The highest BCUT2D eigenvalue weighted by Crippen LogP contribution is 2.48. The summed E-state index contributed by atoms with van der Waals surface area (Å²) in [5.74, 6) is -2.49. The fourth-order valence-electron chi connectivity index (χ4n) is 5.50. The number of nitrogens with zero attached hydrogens (tertiary/aromatic N) is 2. The van der Waals surface area contributed by atoms with Gasteiger partial charge in [0.15, 0.2) is 11.6 Å². The summed E-state index contributed by atoms with van der Waals surface area (Å²) >= 11 is 0. The van der Waals surface area contributed by atoms with Crippen molar-refractivity contribution < 1.29 is 41.8 Å². The largest absolute Gasteiger partial charge is 0.511 e. The number of carboxylic acid groups (broad SMARTS) is 1. The van der Waals surface area contributed by atoms with Gasteiger partial charge >= 0.3 is 13.9 Å². The Kier molecular flexibility index (Phi) is 7.25. The molecule has 0 spiro atoms. The van der Waals surface area contributed by atoms with E-state index in [1.54, 1.807) is 18.7 Å². The van der Waals surface area contributed by atoms with Gasteiger partial charge in [-0.3, -0.25) is 13.8 Å². The van der Waals surface area contributed by atoms with E-state index in [2.05, 4.69) is 9.82 Å². The Balaban J connectivity index is 1.51. The zero-order valence-corrected chi connectivity index (χ0v) is 22.0. The molecule has 38 heavy (non-hydrogen) atoms. The van der Waals surface area contributed by atoms with E-state index in [9.17, 15) is 14.2 Å². The molecule has 2 unspecified atom stereocenters. The van der Waals surface area contributed by atoms with Gasteiger partial charge in [-0.2, -0.15) is 0 Å². The number of halogens is 2. The van der Waals surface area contributed by atoms with Gasteiger partial charge in [0.05, 0.1) is 30.3 Å². The van der Waals surface area contributed by atoms with Crippen molar-refractivity contribution in [3.8, 4) is 5.75 Å². The Morgan fingerprint density at radius 1 is 1.26 bits per heavy atom. The summed E-state index contributed by atoms with van der Waals surface area (Å²) in [5.41, 5.74) is -2.19. The third-order valence-corrected chi connectivity index (χ3v) is 9.02. The van der Waals surface area contributed by atoms with Crippen LogP contribution in [0.25, 0.3) is 10.9 Å². The molecule has 0 amide bonds. The summed E-state index contributed by atoms with van der Waals surface area (Å²) in [6.45, 7) is 4.65. The van der Waals surface area contributed by atoms with E-state index in [4.69, 9.17) is 18.9 Å². The van der Waals surface area contributed by atoms with E-state index in [0.29, 0.717) is 25.9 Å². The van der Waals surface area contributed by atoms with Crippen LogP contribution in [0.15, 0.2) is 17.1 Å². The number of ether oxygens (including phenoxy) is 2. The maximum absolute atomic E-state index is 16.1. The Bertz CT molecular complexity index is 1360. The highest BCUT2D eigenvalue weighted by molar-refractivity contribution is 7.51. The number of carbonyl (C=O) groups is 1. The first kappa shape index (κ1) is 27.0. The first-order valence-corrected chi connectivity index (χ1v) is 14.2. The van der Waals surface area contributed by atoms with Gasteiger partial charge < -0.3 is 24.0 Å². The first-order chi connectivity index (χ1) is 18.1. The quantitative estimate of drug-likeness (QED) is 0.326.